The summed E-state index contributed by atoms with van der Waals surface area (Å²) in [5, 5.41) is 15.0. The average molecular weight is 265 g/mol. The van der Waals surface area contributed by atoms with Crippen LogP contribution >= 0.6 is 0 Å². The first-order valence-corrected chi connectivity index (χ1v) is 6.65. The topological polar surface area (TPSA) is 65.9 Å². The monoisotopic (exact) mass is 265 g/mol. The highest BCUT2D eigenvalue weighted by Gasteiger charge is 2.02. The summed E-state index contributed by atoms with van der Waals surface area (Å²) in [5.41, 5.74) is 1.05. The first kappa shape index (κ1) is 15.3. The zero-order valence-electron chi connectivity index (χ0n) is 11.6. The molecule has 0 atom stereocenters. The number of nitrogens with one attached hydrogen (secondary N) is 2. The smallest absolute Gasteiger partial charge is 0.191 e. The van der Waals surface area contributed by atoms with Crippen molar-refractivity contribution in [3.8, 4) is 5.75 Å². The maximum absolute atomic E-state index is 8.82. The number of aliphatic hydroxyl groups excluding tert-OH is 1. The molecule has 106 valence electrons. The largest absolute Gasteiger partial charge is 0.494 e. The van der Waals surface area contributed by atoms with Crippen LogP contribution in [0.4, 0.5) is 0 Å². The number of aliphatic imine (C=N–C) groups is 1. The van der Waals surface area contributed by atoms with E-state index in [1.165, 1.54) is 0 Å². The number of ether oxygens (including phenoxy) is 1. The maximum atomic E-state index is 8.82. The van der Waals surface area contributed by atoms with Crippen LogP contribution in [0.15, 0.2) is 29.3 Å². The Bertz CT molecular complexity index is 394. The molecule has 0 aliphatic heterocycles. The van der Waals surface area contributed by atoms with E-state index in [1.54, 1.807) is 0 Å². The fourth-order valence-corrected chi connectivity index (χ4v) is 1.61. The molecule has 0 amide bonds. The fourth-order valence-electron chi connectivity index (χ4n) is 1.61. The lowest BCUT2D eigenvalue weighted by atomic mass is 10.2. The predicted molar refractivity (Wildman–Crippen MR) is 77.5 cm³/mol. The van der Waals surface area contributed by atoms with E-state index < -0.39 is 0 Å². The summed E-state index contributed by atoms with van der Waals surface area (Å²) in [7, 11) is 0. The third-order valence-corrected chi connectivity index (χ3v) is 2.43. The highest BCUT2D eigenvalue weighted by molar-refractivity contribution is 5.79. The summed E-state index contributed by atoms with van der Waals surface area (Å²) in [6, 6.07) is 7.88. The minimum absolute atomic E-state index is 0.0833. The molecule has 0 radical (unpaired) electrons. The molecule has 3 N–H and O–H groups in total. The number of aliphatic hydroxyl groups is 1. The molecule has 0 aliphatic rings. The third kappa shape index (κ3) is 5.61. The van der Waals surface area contributed by atoms with Gasteiger partial charge in [-0.2, -0.15) is 0 Å². The number of guanidine groups is 1. The fraction of sp³-hybridized carbons (Fsp3) is 0.500. The Morgan fingerprint density at radius 1 is 1.26 bits per heavy atom. The molecule has 1 aromatic rings. The van der Waals surface area contributed by atoms with E-state index in [4.69, 9.17) is 9.84 Å². The Labute approximate surface area is 114 Å². The second-order valence-electron chi connectivity index (χ2n) is 3.89. The summed E-state index contributed by atoms with van der Waals surface area (Å²) in [6.07, 6.45) is 0. The summed E-state index contributed by atoms with van der Waals surface area (Å²) in [4.78, 5) is 4.47. The van der Waals surface area contributed by atoms with E-state index in [2.05, 4.69) is 15.6 Å². The lowest BCUT2D eigenvalue weighted by Crippen LogP contribution is -2.38. The average Bonchev–Trinajstić information content (AvgIpc) is 2.43. The molecule has 0 heterocycles. The van der Waals surface area contributed by atoms with Crippen molar-refractivity contribution in [2.24, 2.45) is 4.99 Å². The van der Waals surface area contributed by atoms with Gasteiger partial charge in [-0.1, -0.05) is 18.2 Å². The van der Waals surface area contributed by atoms with Gasteiger partial charge in [0, 0.05) is 18.7 Å². The molecular weight excluding hydrogens is 242 g/mol. The lowest BCUT2D eigenvalue weighted by molar-refractivity contribution is 0.300. The van der Waals surface area contributed by atoms with Crippen molar-refractivity contribution >= 4 is 5.96 Å². The van der Waals surface area contributed by atoms with Gasteiger partial charge in [0.1, 0.15) is 5.75 Å². The molecule has 0 unspecified atom stereocenters. The summed E-state index contributed by atoms with van der Waals surface area (Å²) in [6.45, 7) is 6.50. The van der Waals surface area contributed by atoms with Crippen LogP contribution < -0.4 is 15.4 Å². The van der Waals surface area contributed by atoms with E-state index in [9.17, 15) is 0 Å². The van der Waals surface area contributed by atoms with Gasteiger partial charge in [0.05, 0.1) is 19.8 Å². The van der Waals surface area contributed by atoms with Crippen molar-refractivity contribution in [1.29, 1.82) is 0 Å². The van der Waals surface area contributed by atoms with Gasteiger partial charge in [-0.25, -0.2) is 4.99 Å². The van der Waals surface area contributed by atoms with Crippen molar-refractivity contribution in [3.63, 3.8) is 0 Å². The van der Waals surface area contributed by atoms with Crippen LogP contribution in [0.5, 0.6) is 5.75 Å². The number of benzene rings is 1. The molecule has 0 fully saturated rings. The Morgan fingerprint density at radius 3 is 2.74 bits per heavy atom. The van der Waals surface area contributed by atoms with Crippen LogP contribution in [-0.4, -0.2) is 37.4 Å². The Kier molecular flexibility index (Phi) is 7.43. The molecule has 19 heavy (non-hydrogen) atoms. The van der Waals surface area contributed by atoms with Crippen molar-refractivity contribution < 1.29 is 9.84 Å². The highest BCUT2D eigenvalue weighted by atomic mass is 16.5. The van der Waals surface area contributed by atoms with Gasteiger partial charge in [-0.05, 0) is 19.9 Å². The van der Waals surface area contributed by atoms with Gasteiger partial charge in [0.15, 0.2) is 5.96 Å². The van der Waals surface area contributed by atoms with Crippen LogP contribution in [0.25, 0.3) is 0 Å². The Hall–Kier alpha value is -1.75. The second kappa shape index (κ2) is 9.22. The molecule has 0 spiro atoms. The molecule has 5 nitrogen and oxygen atoms in total. The van der Waals surface area contributed by atoms with E-state index in [0.717, 1.165) is 17.9 Å². The van der Waals surface area contributed by atoms with Crippen LogP contribution in [0.3, 0.4) is 0 Å². The molecule has 0 aliphatic carbocycles. The first-order valence-electron chi connectivity index (χ1n) is 6.65. The van der Waals surface area contributed by atoms with E-state index >= 15 is 0 Å². The molecule has 0 saturated heterocycles. The zero-order valence-corrected chi connectivity index (χ0v) is 11.6. The Morgan fingerprint density at radius 2 is 2.05 bits per heavy atom. The minimum atomic E-state index is 0.0833. The molecule has 1 rings (SSSR count). The highest BCUT2D eigenvalue weighted by Crippen LogP contribution is 2.18. The molecule has 1 aromatic carbocycles. The number of hydrogen-bond acceptors (Lipinski definition) is 3. The van der Waals surface area contributed by atoms with Crippen molar-refractivity contribution in [3.05, 3.63) is 29.8 Å². The molecule has 0 aromatic heterocycles. The van der Waals surface area contributed by atoms with Gasteiger partial charge in [-0.3, -0.25) is 0 Å². The van der Waals surface area contributed by atoms with Crippen LogP contribution in [0.2, 0.25) is 0 Å². The normalized spacial score (nSPS) is 11.2. The van der Waals surface area contributed by atoms with Crippen molar-refractivity contribution in [2.75, 3.05) is 26.3 Å². The van der Waals surface area contributed by atoms with E-state index in [-0.39, 0.29) is 6.61 Å². The van der Waals surface area contributed by atoms with Gasteiger partial charge < -0.3 is 20.5 Å². The molecule has 0 saturated carbocycles. The number of para-hydroxylation sites is 1. The quantitative estimate of drug-likeness (QED) is 0.511. The molecular formula is C14H23N3O2. The van der Waals surface area contributed by atoms with E-state index in [1.807, 2.05) is 38.1 Å². The molecule has 5 heteroatoms. The maximum Gasteiger partial charge on any atom is 0.191 e. The molecule has 0 bridgehead atoms. The lowest BCUT2D eigenvalue weighted by Gasteiger charge is -2.11. The summed E-state index contributed by atoms with van der Waals surface area (Å²) >= 11 is 0. The van der Waals surface area contributed by atoms with Crippen molar-refractivity contribution in [1.82, 2.24) is 10.6 Å². The number of rotatable bonds is 7. The van der Waals surface area contributed by atoms with Gasteiger partial charge in [0.25, 0.3) is 0 Å². The van der Waals surface area contributed by atoms with Crippen LogP contribution in [0.1, 0.15) is 19.4 Å². The standard InChI is InChI=1S/C14H23N3O2/c1-3-15-14(16-9-10-18)17-11-12-7-5-6-8-13(12)19-4-2/h5-8,18H,3-4,9-11H2,1-2H3,(H2,15,16,17). The second-order valence-corrected chi connectivity index (χ2v) is 3.89. The number of nitrogens with zero attached hydrogens (tertiary/aromatic N) is 1. The van der Waals surface area contributed by atoms with E-state index in [0.29, 0.717) is 25.7 Å². The van der Waals surface area contributed by atoms with Gasteiger partial charge >= 0.3 is 0 Å². The first-order chi connectivity index (χ1) is 9.31. The van der Waals surface area contributed by atoms with Gasteiger partial charge in [0.2, 0.25) is 0 Å². The van der Waals surface area contributed by atoms with Gasteiger partial charge in [-0.15, -0.1) is 0 Å². The zero-order chi connectivity index (χ0) is 13.9. The summed E-state index contributed by atoms with van der Waals surface area (Å²) in [5.74, 6) is 1.56. The van der Waals surface area contributed by atoms with Crippen LogP contribution in [-0.2, 0) is 6.54 Å². The number of hydrogen-bond donors (Lipinski definition) is 3. The predicted octanol–water partition coefficient (Wildman–Crippen LogP) is 1.13. The summed E-state index contributed by atoms with van der Waals surface area (Å²) < 4.78 is 5.56. The van der Waals surface area contributed by atoms with Crippen molar-refractivity contribution in [2.45, 2.75) is 20.4 Å². The van der Waals surface area contributed by atoms with Crippen LogP contribution in [0, 0.1) is 0 Å². The minimum Gasteiger partial charge on any atom is -0.494 e. The Balaban J connectivity index is 2.70. The SMILES string of the molecule is CCNC(=NCc1ccccc1OCC)NCCO. The third-order valence-electron chi connectivity index (χ3n) is 2.43.